The van der Waals surface area contributed by atoms with E-state index in [1.54, 1.807) is 18.9 Å². The first-order chi connectivity index (χ1) is 14.5. The Morgan fingerprint density at radius 2 is 1.87 bits per heavy atom. The number of piperidine rings is 1. The monoisotopic (exact) mass is 422 g/mol. The SMILES string of the molecule is CCOC(=O)N1CCC(NC(=NC)NCC2(c3c(F)cccc3F)CCCC2)CC1. The van der Waals surface area contributed by atoms with Gasteiger partial charge in [-0.05, 0) is 44.7 Å². The number of benzene rings is 1. The molecule has 1 heterocycles. The van der Waals surface area contributed by atoms with Crippen LogP contribution in [0.25, 0.3) is 0 Å². The van der Waals surface area contributed by atoms with Gasteiger partial charge in [0, 0.05) is 43.7 Å². The molecule has 1 amide bonds. The van der Waals surface area contributed by atoms with E-state index in [0.717, 1.165) is 38.5 Å². The Balaban J connectivity index is 1.59. The largest absolute Gasteiger partial charge is 0.450 e. The van der Waals surface area contributed by atoms with E-state index in [4.69, 9.17) is 4.74 Å². The highest BCUT2D eigenvalue weighted by atomic mass is 19.1. The summed E-state index contributed by atoms with van der Waals surface area (Å²) in [5, 5.41) is 6.70. The minimum absolute atomic E-state index is 0.173. The summed E-state index contributed by atoms with van der Waals surface area (Å²) in [5.74, 6) is -0.339. The highest BCUT2D eigenvalue weighted by Gasteiger charge is 2.40. The highest BCUT2D eigenvalue weighted by Crippen LogP contribution is 2.42. The van der Waals surface area contributed by atoms with Gasteiger partial charge in [-0.3, -0.25) is 4.99 Å². The number of halogens is 2. The molecule has 1 aliphatic heterocycles. The third kappa shape index (κ3) is 5.02. The lowest BCUT2D eigenvalue weighted by atomic mass is 9.78. The Kier molecular flexibility index (Phi) is 7.50. The second kappa shape index (κ2) is 10.1. The fraction of sp³-hybridized carbons (Fsp3) is 0.636. The number of amides is 1. The van der Waals surface area contributed by atoms with Crippen LogP contribution in [-0.4, -0.2) is 56.3 Å². The molecule has 0 radical (unpaired) electrons. The second-order valence-electron chi connectivity index (χ2n) is 8.11. The molecule has 2 fully saturated rings. The summed E-state index contributed by atoms with van der Waals surface area (Å²) < 4.78 is 34.1. The van der Waals surface area contributed by atoms with Crippen molar-refractivity contribution >= 4 is 12.1 Å². The molecule has 1 aromatic carbocycles. The van der Waals surface area contributed by atoms with E-state index in [9.17, 15) is 13.6 Å². The predicted octanol–water partition coefficient (Wildman–Crippen LogP) is 3.56. The number of hydrogen-bond acceptors (Lipinski definition) is 3. The van der Waals surface area contributed by atoms with Crippen molar-refractivity contribution in [1.82, 2.24) is 15.5 Å². The number of likely N-dealkylation sites (tertiary alicyclic amines) is 1. The van der Waals surface area contributed by atoms with E-state index in [1.807, 2.05) is 0 Å². The summed E-state index contributed by atoms with van der Waals surface area (Å²) >= 11 is 0. The fourth-order valence-corrected chi connectivity index (χ4v) is 4.63. The van der Waals surface area contributed by atoms with Gasteiger partial charge >= 0.3 is 6.09 Å². The van der Waals surface area contributed by atoms with Crippen molar-refractivity contribution in [1.29, 1.82) is 0 Å². The first kappa shape index (κ1) is 22.3. The third-order valence-electron chi connectivity index (χ3n) is 6.23. The van der Waals surface area contributed by atoms with E-state index in [2.05, 4.69) is 15.6 Å². The summed E-state index contributed by atoms with van der Waals surface area (Å²) in [7, 11) is 1.69. The van der Waals surface area contributed by atoms with Gasteiger partial charge in [0.25, 0.3) is 0 Å². The van der Waals surface area contributed by atoms with Crippen LogP contribution in [0.15, 0.2) is 23.2 Å². The molecule has 0 atom stereocenters. The van der Waals surface area contributed by atoms with Gasteiger partial charge in [0.1, 0.15) is 11.6 Å². The number of rotatable bonds is 5. The Hall–Kier alpha value is -2.38. The van der Waals surface area contributed by atoms with Crippen LogP contribution in [0.4, 0.5) is 13.6 Å². The van der Waals surface area contributed by atoms with E-state index < -0.39 is 17.0 Å². The maximum absolute atomic E-state index is 14.5. The molecule has 3 rings (SSSR count). The highest BCUT2D eigenvalue weighted by molar-refractivity contribution is 5.80. The number of nitrogens with zero attached hydrogens (tertiary/aromatic N) is 2. The van der Waals surface area contributed by atoms with Crippen LogP contribution in [0.5, 0.6) is 0 Å². The Morgan fingerprint density at radius 1 is 1.23 bits per heavy atom. The average molecular weight is 423 g/mol. The predicted molar refractivity (Wildman–Crippen MR) is 113 cm³/mol. The average Bonchev–Trinajstić information content (AvgIpc) is 3.21. The van der Waals surface area contributed by atoms with Crippen molar-refractivity contribution in [3.8, 4) is 0 Å². The zero-order chi connectivity index (χ0) is 21.6. The van der Waals surface area contributed by atoms with Crippen LogP contribution in [0.3, 0.4) is 0 Å². The number of guanidine groups is 1. The first-order valence-electron chi connectivity index (χ1n) is 10.8. The fourth-order valence-electron chi connectivity index (χ4n) is 4.63. The summed E-state index contributed by atoms with van der Waals surface area (Å²) in [6, 6.07) is 4.26. The lowest BCUT2D eigenvalue weighted by molar-refractivity contribution is 0.0963. The van der Waals surface area contributed by atoms with Gasteiger partial charge in [-0.25, -0.2) is 13.6 Å². The normalized spacial score (nSPS) is 19.6. The van der Waals surface area contributed by atoms with Crippen LogP contribution < -0.4 is 10.6 Å². The van der Waals surface area contributed by atoms with E-state index in [1.165, 1.54) is 18.2 Å². The lowest BCUT2D eigenvalue weighted by Gasteiger charge is -2.34. The second-order valence-corrected chi connectivity index (χ2v) is 8.11. The van der Waals surface area contributed by atoms with Gasteiger partial charge in [-0.2, -0.15) is 0 Å². The van der Waals surface area contributed by atoms with Crippen molar-refractivity contribution in [2.24, 2.45) is 4.99 Å². The number of nitrogens with one attached hydrogen (secondary N) is 2. The van der Waals surface area contributed by atoms with Crippen molar-refractivity contribution in [2.45, 2.75) is 56.9 Å². The van der Waals surface area contributed by atoms with E-state index >= 15 is 0 Å². The van der Waals surface area contributed by atoms with Crippen LogP contribution in [-0.2, 0) is 10.2 Å². The molecule has 0 spiro atoms. The van der Waals surface area contributed by atoms with Gasteiger partial charge in [0.2, 0.25) is 0 Å². The zero-order valence-electron chi connectivity index (χ0n) is 17.8. The van der Waals surface area contributed by atoms with Crippen LogP contribution in [0.2, 0.25) is 0 Å². The molecule has 0 unspecified atom stereocenters. The Labute approximate surface area is 177 Å². The summed E-state index contributed by atoms with van der Waals surface area (Å²) in [4.78, 5) is 17.9. The number of carbonyl (C=O) groups is 1. The molecule has 1 saturated heterocycles. The van der Waals surface area contributed by atoms with Crippen molar-refractivity contribution in [2.75, 3.05) is 33.3 Å². The van der Waals surface area contributed by atoms with E-state index in [0.29, 0.717) is 32.2 Å². The zero-order valence-corrected chi connectivity index (χ0v) is 17.8. The molecular formula is C22H32F2N4O2. The third-order valence-corrected chi connectivity index (χ3v) is 6.23. The Morgan fingerprint density at radius 3 is 2.43 bits per heavy atom. The maximum atomic E-state index is 14.5. The summed E-state index contributed by atoms with van der Waals surface area (Å²) in [6.45, 7) is 3.84. The molecule has 1 aromatic rings. The lowest BCUT2D eigenvalue weighted by Crippen LogP contribution is -2.51. The van der Waals surface area contributed by atoms with Gasteiger partial charge < -0.3 is 20.3 Å². The molecule has 2 N–H and O–H groups in total. The van der Waals surface area contributed by atoms with Gasteiger partial charge in [-0.1, -0.05) is 18.9 Å². The van der Waals surface area contributed by atoms with Crippen molar-refractivity contribution in [3.63, 3.8) is 0 Å². The molecule has 1 aliphatic carbocycles. The summed E-state index contributed by atoms with van der Waals surface area (Å²) in [6.07, 6.45) is 4.69. The van der Waals surface area contributed by atoms with Gasteiger partial charge in [0.05, 0.1) is 6.61 Å². The van der Waals surface area contributed by atoms with Crippen LogP contribution >= 0.6 is 0 Å². The maximum Gasteiger partial charge on any atom is 0.409 e. The first-order valence-corrected chi connectivity index (χ1v) is 10.8. The summed E-state index contributed by atoms with van der Waals surface area (Å²) in [5.41, 5.74) is -0.381. The molecular weight excluding hydrogens is 390 g/mol. The molecule has 0 aromatic heterocycles. The van der Waals surface area contributed by atoms with Crippen LogP contribution in [0.1, 0.15) is 51.0 Å². The van der Waals surface area contributed by atoms with Crippen LogP contribution in [0, 0.1) is 11.6 Å². The molecule has 166 valence electrons. The van der Waals surface area contributed by atoms with E-state index in [-0.39, 0.29) is 17.7 Å². The molecule has 0 bridgehead atoms. The minimum atomic E-state index is -0.569. The molecule has 2 aliphatic rings. The van der Waals surface area contributed by atoms with Gasteiger partial charge in [0.15, 0.2) is 5.96 Å². The molecule has 30 heavy (non-hydrogen) atoms. The number of aliphatic imine (C=N–C) groups is 1. The molecule has 6 nitrogen and oxygen atoms in total. The topological polar surface area (TPSA) is 66.0 Å². The Bertz CT molecular complexity index is 737. The smallest absolute Gasteiger partial charge is 0.409 e. The van der Waals surface area contributed by atoms with Gasteiger partial charge in [-0.15, -0.1) is 0 Å². The standard InChI is InChI=1S/C22H32F2N4O2/c1-3-30-21(29)28-13-9-16(10-14-28)27-20(25-2)26-15-22(11-4-5-12-22)19-17(23)7-6-8-18(19)24/h6-8,16H,3-5,9-15H2,1-2H3,(H2,25,26,27). The molecule has 1 saturated carbocycles. The van der Waals surface area contributed by atoms with Crippen molar-refractivity contribution < 1.29 is 18.3 Å². The quantitative estimate of drug-likeness (QED) is 0.563. The van der Waals surface area contributed by atoms with Crippen molar-refractivity contribution in [3.05, 3.63) is 35.4 Å². The number of carbonyl (C=O) groups excluding carboxylic acids is 1. The minimum Gasteiger partial charge on any atom is -0.450 e. The number of hydrogen-bond donors (Lipinski definition) is 2. The molecule has 8 heteroatoms. The number of ether oxygens (including phenoxy) is 1.